The Morgan fingerprint density at radius 2 is 2.20 bits per heavy atom. The molecule has 1 atom stereocenters. The van der Waals surface area contributed by atoms with E-state index in [-0.39, 0.29) is 17.7 Å². The van der Waals surface area contributed by atoms with Gasteiger partial charge in [0.05, 0.1) is 6.61 Å². The third-order valence-corrected chi connectivity index (χ3v) is 1.58. The summed E-state index contributed by atoms with van der Waals surface area (Å²) in [6, 6.07) is 0. The van der Waals surface area contributed by atoms with Crippen LogP contribution in [0.25, 0.3) is 0 Å². The molecule has 15 heavy (non-hydrogen) atoms. The van der Waals surface area contributed by atoms with E-state index in [0.717, 1.165) is 0 Å². The monoisotopic (exact) mass is 212 g/mol. The zero-order valence-electron chi connectivity index (χ0n) is 8.51. The van der Waals surface area contributed by atoms with Crippen LogP contribution in [0.4, 0.5) is 0 Å². The predicted molar refractivity (Wildman–Crippen MR) is 51.0 cm³/mol. The number of rotatable bonds is 5. The number of methoxy groups -OCH3 is 1. The predicted octanol–water partition coefficient (Wildman–Crippen LogP) is 0.589. The van der Waals surface area contributed by atoms with Gasteiger partial charge in [0, 0.05) is 19.5 Å². The number of hydrogen-bond acceptors (Lipinski definition) is 5. The number of aromatic nitrogens is 2. The lowest BCUT2D eigenvalue weighted by Gasteiger charge is -2.13. The quantitative estimate of drug-likeness (QED) is 0.769. The van der Waals surface area contributed by atoms with Crippen molar-refractivity contribution < 1.29 is 19.4 Å². The van der Waals surface area contributed by atoms with E-state index in [1.165, 1.54) is 19.5 Å². The van der Waals surface area contributed by atoms with E-state index in [2.05, 4.69) is 9.97 Å². The molecule has 0 aliphatic carbocycles. The molecular formula is C9H12N2O4. The van der Waals surface area contributed by atoms with Crippen molar-refractivity contribution in [2.24, 2.45) is 0 Å². The number of carboxylic acids is 1. The third-order valence-electron chi connectivity index (χ3n) is 1.58. The molecule has 0 aliphatic heterocycles. The molecule has 1 unspecified atom stereocenters. The van der Waals surface area contributed by atoms with Gasteiger partial charge in [-0.1, -0.05) is 0 Å². The Bertz CT molecular complexity index is 343. The molecule has 0 aromatic carbocycles. The van der Waals surface area contributed by atoms with Gasteiger partial charge in [0.1, 0.15) is 6.10 Å². The second-order valence-corrected chi connectivity index (χ2v) is 2.90. The highest BCUT2D eigenvalue weighted by atomic mass is 16.5. The average molecular weight is 212 g/mol. The number of aromatic carboxylic acids is 1. The second kappa shape index (κ2) is 5.26. The van der Waals surface area contributed by atoms with Gasteiger partial charge in [-0.3, -0.25) is 0 Å². The molecule has 1 aromatic heterocycles. The van der Waals surface area contributed by atoms with Crippen LogP contribution in [-0.2, 0) is 4.74 Å². The van der Waals surface area contributed by atoms with E-state index in [0.29, 0.717) is 6.61 Å². The molecule has 0 saturated carbocycles. The molecule has 82 valence electrons. The van der Waals surface area contributed by atoms with Gasteiger partial charge in [0.15, 0.2) is 0 Å². The Morgan fingerprint density at radius 3 is 2.80 bits per heavy atom. The van der Waals surface area contributed by atoms with Crippen molar-refractivity contribution in [2.75, 3.05) is 13.7 Å². The van der Waals surface area contributed by atoms with Crippen LogP contribution in [0.2, 0.25) is 0 Å². The van der Waals surface area contributed by atoms with Crippen LogP contribution in [0, 0.1) is 0 Å². The molecule has 6 heteroatoms. The van der Waals surface area contributed by atoms with E-state index in [1.807, 2.05) is 0 Å². The fourth-order valence-electron chi connectivity index (χ4n) is 1.02. The lowest BCUT2D eigenvalue weighted by Crippen LogP contribution is -2.20. The number of hydrogen-bond donors (Lipinski definition) is 1. The number of ether oxygens (including phenoxy) is 2. The van der Waals surface area contributed by atoms with Crippen LogP contribution in [-0.4, -0.2) is 40.9 Å². The van der Waals surface area contributed by atoms with E-state index in [4.69, 9.17) is 14.6 Å². The largest absolute Gasteiger partial charge is 0.476 e. The minimum atomic E-state index is -1.16. The second-order valence-electron chi connectivity index (χ2n) is 2.90. The molecule has 6 nitrogen and oxygen atoms in total. The molecule has 0 saturated heterocycles. The van der Waals surface area contributed by atoms with Crippen molar-refractivity contribution in [3.63, 3.8) is 0 Å². The van der Waals surface area contributed by atoms with Crippen molar-refractivity contribution in [1.29, 1.82) is 0 Å². The van der Waals surface area contributed by atoms with Gasteiger partial charge in [0.2, 0.25) is 11.6 Å². The molecule has 1 aromatic rings. The minimum Gasteiger partial charge on any atom is -0.476 e. The molecule has 0 fully saturated rings. The molecular weight excluding hydrogens is 200 g/mol. The van der Waals surface area contributed by atoms with Crippen LogP contribution < -0.4 is 4.74 Å². The molecule has 1 heterocycles. The Labute approximate surface area is 86.9 Å². The first kappa shape index (κ1) is 11.4. The highest BCUT2D eigenvalue weighted by Crippen LogP contribution is 2.12. The van der Waals surface area contributed by atoms with E-state index < -0.39 is 5.97 Å². The van der Waals surface area contributed by atoms with E-state index >= 15 is 0 Å². The first-order valence-corrected chi connectivity index (χ1v) is 4.35. The van der Waals surface area contributed by atoms with Gasteiger partial charge in [-0.15, -0.1) is 0 Å². The smallest absolute Gasteiger partial charge is 0.360 e. The van der Waals surface area contributed by atoms with Crippen molar-refractivity contribution in [2.45, 2.75) is 13.0 Å². The van der Waals surface area contributed by atoms with Gasteiger partial charge in [-0.2, -0.15) is 0 Å². The molecule has 1 N–H and O–H groups in total. The maximum atomic E-state index is 10.7. The fourth-order valence-corrected chi connectivity index (χ4v) is 1.02. The van der Waals surface area contributed by atoms with Crippen molar-refractivity contribution in [1.82, 2.24) is 9.97 Å². The molecule has 0 radical (unpaired) electrons. The third kappa shape index (κ3) is 3.17. The topological polar surface area (TPSA) is 81.5 Å². The number of nitrogens with zero attached hydrogens (tertiary/aromatic N) is 2. The Kier molecular flexibility index (Phi) is 3.99. The first-order chi connectivity index (χ1) is 7.15. The summed E-state index contributed by atoms with van der Waals surface area (Å²) in [4.78, 5) is 18.2. The molecule has 0 amide bonds. The summed E-state index contributed by atoms with van der Waals surface area (Å²) in [5.41, 5.74) is -0.194. The van der Waals surface area contributed by atoms with Crippen molar-refractivity contribution >= 4 is 5.97 Å². The van der Waals surface area contributed by atoms with Gasteiger partial charge in [-0.25, -0.2) is 14.8 Å². The molecule has 1 rings (SSSR count). The maximum absolute atomic E-state index is 10.7. The van der Waals surface area contributed by atoms with Gasteiger partial charge >= 0.3 is 5.97 Å². The highest BCUT2D eigenvalue weighted by molar-refractivity contribution is 5.87. The summed E-state index contributed by atoms with van der Waals surface area (Å²) in [5.74, 6) is -1.16. The maximum Gasteiger partial charge on any atom is 0.360 e. The number of carboxylic acid groups (broad SMARTS) is 1. The average Bonchev–Trinajstić information content (AvgIpc) is 2.18. The Hall–Kier alpha value is -1.69. The van der Waals surface area contributed by atoms with Gasteiger partial charge < -0.3 is 14.6 Å². The lowest BCUT2D eigenvalue weighted by atomic mass is 10.4. The lowest BCUT2D eigenvalue weighted by molar-refractivity contribution is 0.0659. The normalized spacial score (nSPS) is 12.1. The van der Waals surface area contributed by atoms with Gasteiger partial charge in [0.25, 0.3) is 0 Å². The summed E-state index contributed by atoms with van der Waals surface area (Å²) in [6.07, 6.45) is 2.41. The standard InChI is InChI=1S/C9H12N2O4/c1-6(5-14-2)15-8-7(9(12)13)10-3-4-11-8/h3-4,6H,5H2,1-2H3,(H,12,13). The summed E-state index contributed by atoms with van der Waals surface area (Å²) in [5, 5.41) is 8.79. The van der Waals surface area contributed by atoms with Crippen molar-refractivity contribution in [3.8, 4) is 5.88 Å². The van der Waals surface area contributed by atoms with E-state index in [1.54, 1.807) is 6.92 Å². The zero-order chi connectivity index (χ0) is 11.3. The first-order valence-electron chi connectivity index (χ1n) is 4.35. The van der Waals surface area contributed by atoms with Crippen LogP contribution >= 0.6 is 0 Å². The summed E-state index contributed by atoms with van der Waals surface area (Å²) < 4.78 is 10.1. The molecule has 0 spiro atoms. The molecule has 0 bridgehead atoms. The minimum absolute atomic E-state index is 0.00884. The van der Waals surface area contributed by atoms with Crippen LogP contribution in [0.3, 0.4) is 0 Å². The van der Waals surface area contributed by atoms with Crippen LogP contribution in [0.15, 0.2) is 12.4 Å². The summed E-state index contributed by atoms with van der Waals surface area (Å²) >= 11 is 0. The van der Waals surface area contributed by atoms with Crippen LogP contribution in [0.5, 0.6) is 5.88 Å². The SMILES string of the molecule is COCC(C)Oc1nccnc1C(=O)O. The summed E-state index contributed by atoms with van der Waals surface area (Å²) in [7, 11) is 1.54. The Balaban J connectivity index is 2.79. The van der Waals surface area contributed by atoms with Crippen molar-refractivity contribution in [3.05, 3.63) is 18.1 Å². The van der Waals surface area contributed by atoms with Crippen LogP contribution in [0.1, 0.15) is 17.4 Å². The Morgan fingerprint density at radius 1 is 1.53 bits per heavy atom. The van der Waals surface area contributed by atoms with E-state index in [9.17, 15) is 4.79 Å². The number of carbonyl (C=O) groups is 1. The molecule has 0 aliphatic rings. The fraction of sp³-hybridized carbons (Fsp3) is 0.444. The highest BCUT2D eigenvalue weighted by Gasteiger charge is 2.16. The zero-order valence-corrected chi connectivity index (χ0v) is 8.51. The summed E-state index contributed by atoms with van der Waals surface area (Å²) in [6.45, 7) is 2.11. The van der Waals surface area contributed by atoms with Gasteiger partial charge in [-0.05, 0) is 6.92 Å².